The number of aliphatic hydroxyl groups excluding tert-OH is 1. The molecule has 0 heterocycles. The number of aliphatic hydroxyl groups is 1. The number of carboxylic acids is 1. The van der Waals surface area contributed by atoms with Gasteiger partial charge in [-0.05, 0) is 43.0 Å². The lowest BCUT2D eigenvalue weighted by Gasteiger charge is -2.25. The van der Waals surface area contributed by atoms with E-state index in [0.717, 1.165) is 0 Å². The van der Waals surface area contributed by atoms with Gasteiger partial charge in [0.05, 0.1) is 12.6 Å². The molecule has 12 heteroatoms. The van der Waals surface area contributed by atoms with E-state index in [0.29, 0.717) is 11.3 Å². The van der Waals surface area contributed by atoms with Crippen LogP contribution < -0.4 is 21.7 Å². The van der Waals surface area contributed by atoms with Crippen LogP contribution in [0.15, 0.2) is 24.3 Å². The van der Waals surface area contributed by atoms with Gasteiger partial charge in [-0.1, -0.05) is 12.1 Å². The van der Waals surface area contributed by atoms with Crippen LogP contribution in [0.5, 0.6) is 5.75 Å². The summed E-state index contributed by atoms with van der Waals surface area (Å²) in [5, 5.41) is 35.6. The first-order valence-corrected chi connectivity index (χ1v) is 11.3. The van der Waals surface area contributed by atoms with Crippen LogP contribution in [0.4, 0.5) is 0 Å². The molecule has 3 amide bonds. The lowest BCUT2D eigenvalue weighted by atomic mass is 10.0. The van der Waals surface area contributed by atoms with Gasteiger partial charge in [0.25, 0.3) is 0 Å². The summed E-state index contributed by atoms with van der Waals surface area (Å²) in [6.45, 7) is 0.905. The van der Waals surface area contributed by atoms with E-state index in [9.17, 15) is 34.5 Å². The summed E-state index contributed by atoms with van der Waals surface area (Å²) >= 11 is 1.47. The zero-order chi connectivity index (χ0) is 24.3. The Morgan fingerprint density at radius 1 is 1.03 bits per heavy atom. The molecule has 178 valence electrons. The minimum Gasteiger partial charge on any atom is -0.508 e. The van der Waals surface area contributed by atoms with E-state index >= 15 is 0 Å². The average molecular weight is 471 g/mol. The van der Waals surface area contributed by atoms with Crippen molar-refractivity contribution in [2.75, 3.05) is 18.6 Å². The van der Waals surface area contributed by atoms with Crippen LogP contribution in [0.25, 0.3) is 0 Å². The average Bonchev–Trinajstić information content (AvgIpc) is 2.74. The molecule has 0 saturated carbocycles. The molecule has 0 bridgehead atoms. The summed E-state index contributed by atoms with van der Waals surface area (Å²) in [5.41, 5.74) is 5.89. The van der Waals surface area contributed by atoms with Gasteiger partial charge in [0.2, 0.25) is 17.7 Å². The van der Waals surface area contributed by atoms with Crippen molar-refractivity contribution in [2.24, 2.45) is 5.73 Å². The Hall–Kier alpha value is -2.83. The van der Waals surface area contributed by atoms with Crippen LogP contribution in [0.2, 0.25) is 0 Å². The third kappa shape index (κ3) is 9.12. The van der Waals surface area contributed by atoms with E-state index in [-0.39, 0.29) is 25.1 Å². The number of thioether (sulfide) groups is 1. The van der Waals surface area contributed by atoms with Crippen molar-refractivity contribution in [1.29, 1.82) is 0 Å². The number of nitrogens with one attached hydrogen (secondary N) is 3. The summed E-state index contributed by atoms with van der Waals surface area (Å²) in [6, 6.07) is 2.18. The first-order chi connectivity index (χ1) is 15.1. The van der Waals surface area contributed by atoms with Gasteiger partial charge >= 0.3 is 5.97 Å². The Morgan fingerprint density at radius 3 is 2.12 bits per heavy atom. The molecule has 0 saturated heterocycles. The SMILES string of the molecule is CSCCC(NC(=O)CN)C(=O)NC(Cc1ccc(O)cc1)C(=O)NC(C(=O)O)C(C)O. The zero-order valence-electron chi connectivity index (χ0n) is 17.9. The Kier molecular flexibility index (Phi) is 11.5. The molecule has 0 aliphatic rings. The molecule has 4 atom stereocenters. The van der Waals surface area contributed by atoms with Crippen LogP contribution in [0, 0.1) is 0 Å². The molecule has 0 aliphatic carbocycles. The van der Waals surface area contributed by atoms with Crippen LogP contribution >= 0.6 is 11.8 Å². The van der Waals surface area contributed by atoms with Crippen molar-refractivity contribution in [3.63, 3.8) is 0 Å². The molecule has 0 aliphatic heterocycles. The van der Waals surface area contributed by atoms with Crippen LogP contribution in [-0.2, 0) is 25.6 Å². The van der Waals surface area contributed by atoms with Crippen LogP contribution in [0.3, 0.4) is 0 Å². The largest absolute Gasteiger partial charge is 0.508 e. The Labute approximate surface area is 190 Å². The molecular formula is C20H30N4O7S. The maximum Gasteiger partial charge on any atom is 0.328 e. The van der Waals surface area contributed by atoms with E-state index < -0.39 is 47.9 Å². The number of hydrogen-bond acceptors (Lipinski definition) is 8. The fourth-order valence-electron chi connectivity index (χ4n) is 2.75. The van der Waals surface area contributed by atoms with Crippen molar-refractivity contribution in [3.05, 3.63) is 29.8 Å². The summed E-state index contributed by atoms with van der Waals surface area (Å²) in [7, 11) is 0. The van der Waals surface area contributed by atoms with E-state index in [1.54, 1.807) is 12.1 Å². The van der Waals surface area contributed by atoms with Gasteiger partial charge < -0.3 is 37.0 Å². The lowest BCUT2D eigenvalue weighted by Crippen LogP contribution is -2.58. The van der Waals surface area contributed by atoms with Crippen molar-refractivity contribution in [2.45, 2.75) is 44.0 Å². The summed E-state index contributed by atoms with van der Waals surface area (Å²) in [6.07, 6.45) is 0.727. The fraction of sp³-hybridized carbons (Fsp3) is 0.500. The number of carbonyl (C=O) groups is 4. The highest BCUT2D eigenvalue weighted by Gasteiger charge is 2.31. The third-order valence-corrected chi connectivity index (χ3v) is 5.15. The summed E-state index contributed by atoms with van der Waals surface area (Å²) in [4.78, 5) is 48.7. The second kappa shape index (κ2) is 13.6. The van der Waals surface area contributed by atoms with E-state index in [1.165, 1.54) is 30.8 Å². The monoisotopic (exact) mass is 470 g/mol. The van der Waals surface area contributed by atoms with Crippen molar-refractivity contribution in [3.8, 4) is 5.75 Å². The predicted octanol–water partition coefficient (Wildman–Crippen LogP) is -1.43. The smallest absolute Gasteiger partial charge is 0.328 e. The van der Waals surface area contributed by atoms with Crippen molar-refractivity contribution >= 4 is 35.5 Å². The van der Waals surface area contributed by atoms with Crippen LogP contribution in [-0.4, -0.2) is 81.8 Å². The predicted molar refractivity (Wildman–Crippen MR) is 119 cm³/mol. The minimum absolute atomic E-state index is 0.0143. The standard InChI is InChI=1S/C20H30N4O7S/c1-11(25)17(20(30)31)24-19(29)15(9-12-3-5-13(26)6-4-12)23-18(28)14(7-8-32-2)22-16(27)10-21/h3-6,11,14-15,17,25-26H,7-10,21H2,1-2H3,(H,22,27)(H,23,28)(H,24,29)(H,30,31). The molecule has 32 heavy (non-hydrogen) atoms. The maximum absolute atomic E-state index is 12.9. The minimum atomic E-state index is -1.58. The molecule has 0 fully saturated rings. The molecule has 8 N–H and O–H groups in total. The number of aromatic hydroxyl groups is 1. The molecule has 0 aromatic heterocycles. The van der Waals surface area contributed by atoms with Gasteiger partial charge in [-0.25, -0.2) is 4.79 Å². The van der Waals surface area contributed by atoms with E-state index in [4.69, 9.17) is 5.73 Å². The third-order valence-electron chi connectivity index (χ3n) is 4.50. The number of nitrogens with two attached hydrogens (primary N) is 1. The Balaban J connectivity index is 3.09. The van der Waals surface area contributed by atoms with E-state index in [1.807, 2.05) is 6.26 Å². The first-order valence-electron chi connectivity index (χ1n) is 9.86. The highest BCUT2D eigenvalue weighted by molar-refractivity contribution is 7.98. The molecule has 0 spiro atoms. The summed E-state index contributed by atoms with van der Waals surface area (Å²) in [5.74, 6) is -2.86. The maximum atomic E-state index is 12.9. The van der Waals surface area contributed by atoms with Crippen molar-refractivity contribution in [1.82, 2.24) is 16.0 Å². The molecule has 4 unspecified atom stereocenters. The van der Waals surface area contributed by atoms with Gasteiger partial charge in [-0.3, -0.25) is 14.4 Å². The Bertz CT molecular complexity index is 789. The molecular weight excluding hydrogens is 440 g/mol. The van der Waals surface area contributed by atoms with Gasteiger partial charge in [0.15, 0.2) is 6.04 Å². The number of aliphatic carboxylic acids is 1. The molecule has 0 radical (unpaired) electrons. The fourth-order valence-corrected chi connectivity index (χ4v) is 3.22. The van der Waals surface area contributed by atoms with Gasteiger partial charge in [0, 0.05) is 6.42 Å². The highest BCUT2D eigenvalue weighted by Crippen LogP contribution is 2.12. The number of benzene rings is 1. The topological polar surface area (TPSA) is 191 Å². The number of carbonyl (C=O) groups excluding carboxylic acids is 3. The molecule has 11 nitrogen and oxygen atoms in total. The number of amides is 3. The van der Waals surface area contributed by atoms with E-state index in [2.05, 4.69) is 16.0 Å². The number of rotatable bonds is 13. The zero-order valence-corrected chi connectivity index (χ0v) is 18.7. The normalized spacial score (nSPS) is 14.5. The quantitative estimate of drug-likeness (QED) is 0.181. The van der Waals surface area contributed by atoms with Gasteiger partial charge in [0.1, 0.15) is 17.8 Å². The number of hydrogen-bond donors (Lipinski definition) is 7. The first kappa shape index (κ1) is 27.2. The second-order valence-electron chi connectivity index (χ2n) is 7.10. The number of phenols is 1. The Morgan fingerprint density at radius 2 is 1.62 bits per heavy atom. The second-order valence-corrected chi connectivity index (χ2v) is 8.09. The molecule has 1 aromatic rings. The van der Waals surface area contributed by atoms with Gasteiger partial charge in [-0.2, -0.15) is 11.8 Å². The van der Waals surface area contributed by atoms with Crippen LogP contribution in [0.1, 0.15) is 18.9 Å². The number of carboxylic acid groups (broad SMARTS) is 1. The number of phenolic OH excluding ortho intramolecular Hbond substituents is 1. The summed E-state index contributed by atoms with van der Waals surface area (Å²) < 4.78 is 0. The van der Waals surface area contributed by atoms with Crippen molar-refractivity contribution < 1.29 is 34.5 Å². The molecule has 1 aromatic carbocycles. The molecule has 1 rings (SSSR count). The lowest BCUT2D eigenvalue weighted by molar-refractivity contribution is -0.145. The van der Waals surface area contributed by atoms with Gasteiger partial charge in [-0.15, -0.1) is 0 Å². The highest BCUT2D eigenvalue weighted by atomic mass is 32.2.